The average Bonchev–Trinajstić information content (AvgIpc) is 2.73. The van der Waals surface area contributed by atoms with Crippen molar-refractivity contribution in [1.29, 1.82) is 0 Å². The molecule has 1 rings (SSSR count). The van der Waals surface area contributed by atoms with Crippen LogP contribution in [0.4, 0.5) is 0 Å². The SMILES string of the molecule is CCC(C)C(N)C(=O)NC(C)c1ccc(Cl)s1. The fourth-order valence-corrected chi connectivity index (χ4v) is 2.52. The minimum absolute atomic E-state index is 0.0462. The van der Waals surface area contributed by atoms with Crippen LogP contribution in [0.1, 0.15) is 38.1 Å². The van der Waals surface area contributed by atoms with E-state index in [4.69, 9.17) is 17.3 Å². The predicted molar refractivity (Wildman–Crippen MR) is 73.3 cm³/mol. The quantitative estimate of drug-likeness (QED) is 0.867. The van der Waals surface area contributed by atoms with Crippen LogP contribution in [0.3, 0.4) is 0 Å². The monoisotopic (exact) mass is 274 g/mol. The second-order valence-corrected chi connectivity index (χ2v) is 6.03. The van der Waals surface area contributed by atoms with Crippen LogP contribution >= 0.6 is 22.9 Å². The molecule has 0 fully saturated rings. The van der Waals surface area contributed by atoms with E-state index < -0.39 is 6.04 Å². The Bertz CT molecular complexity index is 380. The van der Waals surface area contributed by atoms with Gasteiger partial charge in [-0.2, -0.15) is 0 Å². The van der Waals surface area contributed by atoms with Crippen LogP contribution in [0.15, 0.2) is 12.1 Å². The smallest absolute Gasteiger partial charge is 0.237 e. The molecule has 96 valence electrons. The highest BCUT2D eigenvalue weighted by Crippen LogP contribution is 2.26. The van der Waals surface area contributed by atoms with Crippen LogP contribution in [0, 0.1) is 5.92 Å². The molecule has 0 spiro atoms. The minimum Gasteiger partial charge on any atom is -0.347 e. The molecule has 0 aliphatic heterocycles. The summed E-state index contributed by atoms with van der Waals surface area (Å²) in [4.78, 5) is 12.9. The molecule has 0 aromatic carbocycles. The van der Waals surface area contributed by atoms with Gasteiger partial charge in [0.25, 0.3) is 0 Å². The third-order valence-electron chi connectivity index (χ3n) is 2.94. The van der Waals surface area contributed by atoms with E-state index in [1.165, 1.54) is 11.3 Å². The lowest BCUT2D eigenvalue weighted by molar-refractivity contribution is -0.124. The number of nitrogens with one attached hydrogen (secondary N) is 1. The lowest BCUT2D eigenvalue weighted by Gasteiger charge is -2.20. The molecular formula is C12H19ClN2OS. The van der Waals surface area contributed by atoms with Crippen molar-refractivity contribution in [3.63, 3.8) is 0 Å². The van der Waals surface area contributed by atoms with E-state index in [1.807, 2.05) is 32.9 Å². The molecule has 0 aliphatic carbocycles. The van der Waals surface area contributed by atoms with E-state index >= 15 is 0 Å². The van der Waals surface area contributed by atoms with E-state index in [1.54, 1.807) is 0 Å². The van der Waals surface area contributed by atoms with Crippen molar-refractivity contribution in [2.24, 2.45) is 11.7 Å². The summed E-state index contributed by atoms with van der Waals surface area (Å²) in [6.45, 7) is 5.95. The first kappa shape index (κ1) is 14.5. The van der Waals surface area contributed by atoms with Gasteiger partial charge in [-0.25, -0.2) is 0 Å². The van der Waals surface area contributed by atoms with Crippen LogP contribution in [-0.4, -0.2) is 11.9 Å². The topological polar surface area (TPSA) is 55.1 Å². The molecule has 1 heterocycles. The van der Waals surface area contributed by atoms with Gasteiger partial charge in [-0.3, -0.25) is 4.79 Å². The maximum Gasteiger partial charge on any atom is 0.237 e. The number of hydrogen-bond donors (Lipinski definition) is 2. The average molecular weight is 275 g/mol. The van der Waals surface area contributed by atoms with Gasteiger partial charge in [0.05, 0.1) is 16.4 Å². The van der Waals surface area contributed by atoms with Gasteiger partial charge in [0, 0.05) is 4.88 Å². The van der Waals surface area contributed by atoms with Crippen molar-refractivity contribution in [3.05, 3.63) is 21.3 Å². The van der Waals surface area contributed by atoms with Gasteiger partial charge in [0.1, 0.15) is 0 Å². The first-order chi connectivity index (χ1) is 7.95. The minimum atomic E-state index is -0.446. The number of carbonyl (C=O) groups is 1. The molecule has 1 amide bonds. The summed E-state index contributed by atoms with van der Waals surface area (Å²) in [7, 11) is 0. The third kappa shape index (κ3) is 3.98. The van der Waals surface area contributed by atoms with Crippen molar-refractivity contribution in [2.75, 3.05) is 0 Å². The summed E-state index contributed by atoms with van der Waals surface area (Å²) in [5.41, 5.74) is 5.87. The van der Waals surface area contributed by atoms with Crippen LogP contribution in [0.5, 0.6) is 0 Å². The molecule has 1 aromatic heterocycles. The summed E-state index contributed by atoms with van der Waals surface area (Å²) in [5.74, 6) is 0.0884. The van der Waals surface area contributed by atoms with Crippen molar-refractivity contribution in [1.82, 2.24) is 5.32 Å². The standard InChI is InChI=1S/C12H19ClN2OS/c1-4-7(2)11(14)12(16)15-8(3)9-5-6-10(13)17-9/h5-8,11H,4,14H2,1-3H3,(H,15,16). The van der Waals surface area contributed by atoms with E-state index in [0.29, 0.717) is 0 Å². The first-order valence-corrected chi connectivity index (χ1v) is 6.96. The lowest BCUT2D eigenvalue weighted by Crippen LogP contribution is -2.45. The summed E-state index contributed by atoms with van der Waals surface area (Å²) in [6, 6.07) is 3.26. The molecular weight excluding hydrogens is 256 g/mol. The fourth-order valence-electron chi connectivity index (χ4n) is 1.45. The van der Waals surface area contributed by atoms with Crippen molar-refractivity contribution < 1.29 is 4.79 Å². The van der Waals surface area contributed by atoms with Crippen LogP contribution < -0.4 is 11.1 Å². The number of hydrogen-bond acceptors (Lipinski definition) is 3. The van der Waals surface area contributed by atoms with Crippen LogP contribution in [-0.2, 0) is 4.79 Å². The summed E-state index contributed by atoms with van der Waals surface area (Å²) >= 11 is 7.33. The summed E-state index contributed by atoms with van der Waals surface area (Å²) in [5, 5.41) is 2.91. The summed E-state index contributed by atoms with van der Waals surface area (Å²) in [6.07, 6.45) is 0.897. The molecule has 0 saturated carbocycles. The molecule has 0 saturated heterocycles. The Labute approximate surface area is 111 Å². The molecule has 0 aliphatic rings. The Morgan fingerprint density at radius 2 is 2.18 bits per heavy atom. The van der Waals surface area contributed by atoms with Crippen molar-refractivity contribution >= 4 is 28.8 Å². The molecule has 0 radical (unpaired) electrons. The third-order valence-corrected chi connectivity index (χ3v) is 4.35. The zero-order chi connectivity index (χ0) is 13.0. The molecule has 1 aromatic rings. The highest BCUT2D eigenvalue weighted by Gasteiger charge is 2.21. The van der Waals surface area contributed by atoms with Crippen molar-refractivity contribution in [3.8, 4) is 0 Å². The van der Waals surface area contributed by atoms with Gasteiger partial charge in [0.2, 0.25) is 5.91 Å². The number of carbonyl (C=O) groups excluding carboxylic acids is 1. The van der Waals surface area contributed by atoms with Crippen molar-refractivity contribution in [2.45, 2.75) is 39.3 Å². The van der Waals surface area contributed by atoms with Gasteiger partial charge < -0.3 is 11.1 Å². The Kier molecular flexibility index (Phi) is 5.43. The molecule has 0 bridgehead atoms. The van der Waals surface area contributed by atoms with Crippen LogP contribution in [0.25, 0.3) is 0 Å². The Hall–Kier alpha value is -0.580. The van der Waals surface area contributed by atoms with Gasteiger partial charge >= 0.3 is 0 Å². The van der Waals surface area contributed by atoms with Gasteiger partial charge in [-0.15, -0.1) is 11.3 Å². The second-order valence-electron chi connectivity index (χ2n) is 4.28. The molecule has 3 unspecified atom stereocenters. The largest absolute Gasteiger partial charge is 0.347 e. The maximum absolute atomic E-state index is 11.9. The summed E-state index contributed by atoms with van der Waals surface area (Å²) < 4.78 is 0.729. The van der Waals surface area contributed by atoms with E-state index in [-0.39, 0.29) is 17.9 Å². The number of nitrogens with two attached hydrogens (primary N) is 1. The lowest BCUT2D eigenvalue weighted by atomic mass is 9.99. The number of thiophene rings is 1. The number of halogens is 1. The predicted octanol–water partition coefficient (Wildman–Crippen LogP) is 2.95. The first-order valence-electron chi connectivity index (χ1n) is 5.76. The Morgan fingerprint density at radius 3 is 2.65 bits per heavy atom. The number of amides is 1. The van der Waals surface area contributed by atoms with E-state index in [2.05, 4.69) is 5.32 Å². The molecule has 17 heavy (non-hydrogen) atoms. The molecule has 3 nitrogen and oxygen atoms in total. The van der Waals surface area contributed by atoms with Gasteiger partial charge in [-0.05, 0) is 25.0 Å². The second kappa shape index (κ2) is 6.38. The van der Waals surface area contributed by atoms with Gasteiger partial charge in [-0.1, -0.05) is 31.9 Å². The Morgan fingerprint density at radius 1 is 1.53 bits per heavy atom. The highest BCUT2D eigenvalue weighted by atomic mass is 35.5. The van der Waals surface area contributed by atoms with Gasteiger partial charge in [0.15, 0.2) is 0 Å². The zero-order valence-corrected chi connectivity index (χ0v) is 11.9. The molecule has 3 N–H and O–H groups in total. The normalized spacial score (nSPS) is 16.3. The zero-order valence-electron chi connectivity index (χ0n) is 10.4. The highest BCUT2D eigenvalue weighted by molar-refractivity contribution is 7.16. The molecule has 5 heteroatoms. The van der Waals surface area contributed by atoms with E-state index in [0.717, 1.165) is 15.6 Å². The molecule has 3 atom stereocenters. The van der Waals surface area contributed by atoms with Crippen LogP contribution in [0.2, 0.25) is 4.34 Å². The Balaban J connectivity index is 2.57. The number of rotatable bonds is 5. The maximum atomic E-state index is 11.9. The fraction of sp³-hybridized carbons (Fsp3) is 0.583. The van der Waals surface area contributed by atoms with E-state index in [9.17, 15) is 4.79 Å².